The molecular weight excluding hydrogens is 337 g/mol. The molecule has 0 aliphatic heterocycles. The second-order valence-electron chi connectivity index (χ2n) is 5.12. The molecule has 7 heteroatoms. The van der Waals surface area contributed by atoms with Crippen molar-refractivity contribution in [3.63, 3.8) is 0 Å². The summed E-state index contributed by atoms with van der Waals surface area (Å²) >= 11 is 5.15. The van der Waals surface area contributed by atoms with Crippen molar-refractivity contribution in [1.29, 1.82) is 0 Å². The largest absolute Gasteiger partial charge is 0.435 e. The third kappa shape index (κ3) is 5.73. The van der Waals surface area contributed by atoms with Gasteiger partial charge in [0.1, 0.15) is 11.6 Å². The zero-order valence-electron chi connectivity index (χ0n) is 13.0. The van der Waals surface area contributed by atoms with E-state index < -0.39 is 6.61 Å². The van der Waals surface area contributed by atoms with Crippen LogP contribution in [0, 0.1) is 12.7 Å². The van der Waals surface area contributed by atoms with Gasteiger partial charge in [-0.1, -0.05) is 18.2 Å². The highest BCUT2D eigenvalue weighted by Crippen LogP contribution is 2.15. The summed E-state index contributed by atoms with van der Waals surface area (Å²) in [6.07, 6.45) is 0.652. The molecule has 0 atom stereocenters. The van der Waals surface area contributed by atoms with Crippen LogP contribution in [0.25, 0.3) is 0 Å². The molecule has 0 unspecified atom stereocenters. The Morgan fingerprint density at radius 1 is 1.17 bits per heavy atom. The van der Waals surface area contributed by atoms with Crippen LogP contribution < -0.4 is 15.4 Å². The predicted molar refractivity (Wildman–Crippen MR) is 92.1 cm³/mol. The van der Waals surface area contributed by atoms with E-state index in [-0.39, 0.29) is 11.6 Å². The zero-order valence-corrected chi connectivity index (χ0v) is 13.8. The Hall–Kier alpha value is -2.28. The van der Waals surface area contributed by atoms with Gasteiger partial charge in [-0.05, 0) is 61.0 Å². The second-order valence-corrected chi connectivity index (χ2v) is 5.53. The number of anilines is 1. The summed E-state index contributed by atoms with van der Waals surface area (Å²) in [5, 5.41) is 6.30. The number of hydrogen-bond donors (Lipinski definition) is 2. The van der Waals surface area contributed by atoms with E-state index in [0.29, 0.717) is 29.3 Å². The average molecular weight is 354 g/mol. The number of benzene rings is 2. The van der Waals surface area contributed by atoms with Crippen LogP contribution in [0.5, 0.6) is 5.75 Å². The van der Waals surface area contributed by atoms with E-state index in [1.165, 1.54) is 18.2 Å². The van der Waals surface area contributed by atoms with Crippen molar-refractivity contribution >= 4 is 23.0 Å². The predicted octanol–water partition coefficient (Wildman–Crippen LogP) is 4.26. The molecule has 0 heterocycles. The van der Waals surface area contributed by atoms with Crippen LogP contribution in [-0.4, -0.2) is 18.3 Å². The normalized spacial score (nSPS) is 10.5. The number of thiocarbonyl (C=S) groups is 1. The number of alkyl halides is 2. The van der Waals surface area contributed by atoms with Gasteiger partial charge in [0.05, 0.1) is 0 Å². The van der Waals surface area contributed by atoms with Gasteiger partial charge >= 0.3 is 6.61 Å². The van der Waals surface area contributed by atoms with Crippen molar-refractivity contribution in [2.24, 2.45) is 0 Å². The molecule has 3 nitrogen and oxygen atoms in total. The van der Waals surface area contributed by atoms with Crippen LogP contribution in [0.3, 0.4) is 0 Å². The minimum atomic E-state index is -2.83. The van der Waals surface area contributed by atoms with Crippen LogP contribution in [0.2, 0.25) is 0 Å². The van der Waals surface area contributed by atoms with E-state index in [0.717, 1.165) is 5.56 Å². The first-order valence-corrected chi connectivity index (χ1v) is 7.69. The molecule has 2 N–H and O–H groups in total. The Kier molecular flexibility index (Phi) is 6.43. The van der Waals surface area contributed by atoms with E-state index in [4.69, 9.17) is 12.2 Å². The lowest BCUT2D eigenvalue weighted by atomic mass is 10.1. The van der Waals surface area contributed by atoms with Gasteiger partial charge in [-0.25, -0.2) is 4.39 Å². The number of aryl methyl sites for hydroxylation is 1. The van der Waals surface area contributed by atoms with E-state index in [9.17, 15) is 13.2 Å². The number of nitrogens with one attached hydrogen (secondary N) is 2. The minimum Gasteiger partial charge on any atom is -0.435 e. The molecule has 0 aromatic heterocycles. The van der Waals surface area contributed by atoms with Gasteiger partial charge in [0.15, 0.2) is 5.11 Å². The van der Waals surface area contributed by atoms with Gasteiger partial charge in [0.2, 0.25) is 0 Å². The van der Waals surface area contributed by atoms with Crippen LogP contribution in [0.1, 0.15) is 11.1 Å². The lowest BCUT2D eigenvalue weighted by Crippen LogP contribution is -2.30. The summed E-state index contributed by atoms with van der Waals surface area (Å²) in [5.41, 5.74) is 2.09. The van der Waals surface area contributed by atoms with Crippen molar-refractivity contribution in [2.45, 2.75) is 20.0 Å². The fourth-order valence-electron chi connectivity index (χ4n) is 2.00. The molecule has 0 aliphatic rings. The minimum absolute atomic E-state index is 0.125. The van der Waals surface area contributed by atoms with Gasteiger partial charge in [-0.15, -0.1) is 0 Å². The van der Waals surface area contributed by atoms with Crippen molar-refractivity contribution in [1.82, 2.24) is 5.32 Å². The smallest absolute Gasteiger partial charge is 0.387 e. The lowest BCUT2D eigenvalue weighted by molar-refractivity contribution is -0.0498. The molecule has 24 heavy (non-hydrogen) atoms. The Morgan fingerprint density at radius 2 is 1.88 bits per heavy atom. The first-order chi connectivity index (χ1) is 11.4. The van der Waals surface area contributed by atoms with Crippen molar-refractivity contribution in [3.8, 4) is 5.75 Å². The summed E-state index contributed by atoms with van der Waals surface area (Å²) in [6.45, 7) is -0.588. The monoisotopic (exact) mass is 354 g/mol. The van der Waals surface area contributed by atoms with E-state index >= 15 is 0 Å². The fourth-order valence-corrected chi connectivity index (χ4v) is 2.22. The number of halogens is 3. The highest BCUT2D eigenvalue weighted by Gasteiger charge is 2.04. The number of rotatable bonds is 6. The molecule has 0 saturated carbocycles. The van der Waals surface area contributed by atoms with Gasteiger partial charge < -0.3 is 15.4 Å². The quantitative estimate of drug-likeness (QED) is 0.760. The molecule has 0 spiro atoms. The molecule has 0 bridgehead atoms. The first kappa shape index (κ1) is 18.1. The molecule has 0 saturated heterocycles. The molecule has 0 amide bonds. The third-order valence-electron chi connectivity index (χ3n) is 3.28. The van der Waals surface area contributed by atoms with Crippen LogP contribution in [0.4, 0.5) is 18.9 Å². The Labute approximate surface area is 143 Å². The summed E-state index contributed by atoms with van der Waals surface area (Å²) < 4.78 is 41.9. The van der Waals surface area contributed by atoms with Crippen molar-refractivity contribution in [2.75, 3.05) is 11.9 Å². The second kappa shape index (κ2) is 8.54. The molecular formula is C17H17F3N2OS. The fraction of sp³-hybridized carbons (Fsp3) is 0.235. The van der Waals surface area contributed by atoms with Gasteiger partial charge in [-0.3, -0.25) is 0 Å². The van der Waals surface area contributed by atoms with E-state index in [2.05, 4.69) is 15.4 Å². The van der Waals surface area contributed by atoms with Crippen LogP contribution in [-0.2, 0) is 6.42 Å². The van der Waals surface area contributed by atoms with Crippen molar-refractivity contribution in [3.05, 3.63) is 59.4 Å². The standard InChI is InChI=1S/C17H17F3N2OS/c1-11-2-5-13(10-15(11)18)22-17(24)21-9-8-12-3-6-14(7-4-12)23-16(19)20/h2-7,10,16H,8-9H2,1H3,(H2,21,22,24). The maximum atomic E-state index is 13.5. The Balaban J connectivity index is 1.76. The van der Waals surface area contributed by atoms with Crippen LogP contribution >= 0.6 is 12.2 Å². The van der Waals surface area contributed by atoms with Gasteiger partial charge in [0, 0.05) is 12.2 Å². The van der Waals surface area contributed by atoms with Crippen molar-refractivity contribution < 1.29 is 17.9 Å². The SMILES string of the molecule is Cc1ccc(NC(=S)NCCc2ccc(OC(F)F)cc2)cc1F. The maximum absolute atomic E-state index is 13.5. The molecule has 2 rings (SSSR count). The Bertz CT molecular complexity index is 693. The van der Waals surface area contributed by atoms with Gasteiger partial charge in [-0.2, -0.15) is 8.78 Å². The topological polar surface area (TPSA) is 33.3 Å². The van der Waals surface area contributed by atoms with Crippen LogP contribution in [0.15, 0.2) is 42.5 Å². The van der Waals surface area contributed by atoms with Gasteiger partial charge in [0.25, 0.3) is 0 Å². The highest BCUT2D eigenvalue weighted by atomic mass is 32.1. The average Bonchev–Trinajstić information content (AvgIpc) is 2.52. The summed E-state index contributed by atoms with van der Waals surface area (Å²) in [5.74, 6) is -0.172. The molecule has 0 aliphatic carbocycles. The highest BCUT2D eigenvalue weighted by molar-refractivity contribution is 7.80. The number of hydrogen-bond acceptors (Lipinski definition) is 2. The molecule has 0 fully saturated rings. The van der Waals surface area contributed by atoms with E-state index in [1.807, 2.05) is 0 Å². The number of ether oxygens (including phenoxy) is 1. The molecule has 2 aromatic carbocycles. The maximum Gasteiger partial charge on any atom is 0.387 e. The summed E-state index contributed by atoms with van der Waals surface area (Å²) in [6, 6.07) is 11.2. The van der Waals surface area contributed by atoms with E-state index in [1.54, 1.807) is 31.2 Å². The lowest BCUT2D eigenvalue weighted by Gasteiger charge is -2.11. The first-order valence-electron chi connectivity index (χ1n) is 7.29. The zero-order chi connectivity index (χ0) is 17.5. The molecule has 2 aromatic rings. The Morgan fingerprint density at radius 3 is 2.50 bits per heavy atom. The third-order valence-corrected chi connectivity index (χ3v) is 3.52. The summed E-state index contributed by atoms with van der Waals surface area (Å²) in [7, 11) is 0. The summed E-state index contributed by atoms with van der Waals surface area (Å²) in [4.78, 5) is 0. The molecule has 0 radical (unpaired) electrons. The molecule has 128 valence electrons.